The van der Waals surface area contributed by atoms with Gasteiger partial charge in [0.25, 0.3) is 0 Å². The molecule has 52 heavy (non-hydrogen) atoms. The number of aromatic nitrogens is 1. The lowest BCUT2D eigenvalue weighted by atomic mass is 9.90. The van der Waals surface area contributed by atoms with Crippen LogP contribution in [0.1, 0.15) is 68.7 Å². The predicted octanol–water partition coefficient (Wildman–Crippen LogP) is 4.45. The van der Waals surface area contributed by atoms with E-state index in [0.29, 0.717) is 25.7 Å². The molecule has 3 atom stereocenters. The summed E-state index contributed by atoms with van der Waals surface area (Å²) in [6, 6.07) is 20.2. The first-order valence-corrected chi connectivity index (χ1v) is 18.8. The van der Waals surface area contributed by atoms with Crippen LogP contribution in [0.25, 0.3) is 0 Å². The molecule has 1 saturated carbocycles. The van der Waals surface area contributed by atoms with Crippen molar-refractivity contribution in [2.75, 3.05) is 32.8 Å². The second-order valence-corrected chi connectivity index (χ2v) is 15.1. The van der Waals surface area contributed by atoms with E-state index in [1.165, 1.54) is 5.56 Å². The highest BCUT2D eigenvalue weighted by molar-refractivity contribution is 5.95. The van der Waals surface area contributed by atoms with Crippen molar-refractivity contribution in [1.82, 2.24) is 25.8 Å². The lowest BCUT2D eigenvalue weighted by Crippen LogP contribution is -2.51. The Morgan fingerprint density at radius 2 is 1.48 bits per heavy atom. The van der Waals surface area contributed by atoms with Crippen LogP contribution >= 0.6 is 0 Å². The number of nitrogens with zero attached hydrogens (tertiary/aromatic N) is 2. The van der Waals surface area contributed by atoms with Crippen molar-refractivity contribution >= 4 is 23.5 Å². The van der Waals surface area contributed by atoms with Gasteiger partial charge in [-0.2, -0.15) is 0 Å². The maximum atomic E-state index is 13.9. The molecule has 10 nitrogen and oxygen atoms in total. The zero-order valence-electron chi connectivity index (χ0n) is 30.9. The van der Waals surface area contributed by atoms with E-state index in [-0.39, 0.29) is 47.8 Å². The zero-order valence-corrected chi connectivity index (χ0v) is 30.9. The number of carbonyl (C=O) groups excluding carboxylic acids is 4. The van der Waals surface area contributed by atoms with E-state index in [4.69, 9.17) is 4.74 Å². The molecule has 3 N–H and O–H groups in total. The first-order chi connectivity index (χ1) is 25.1. The Labute approximate surface area is 308 Å². The summed E-state index contributed by atoms with van der Waals surface area (Å²) in [6.45, 7) is 10.2. The molecule has 3 amide bonds. The minimum Gasteiger partial charge on any atom is -0.379 e. The summed E-state index contributed by atoms with van der Waals surface area (Å²) in [6.07, 6.45) is 7.06. The van der Waals surface area contributed by atoms with Crippen molar-refractivity contribution in [3.8, 4) is 0 Å². The standard InChI is InChI=1S/C42H55N5O5/c1-30(2)25-37(39(49)42(3)17-18-42)46-40(50)35(26-33-15-19-43-20-16-33)28-44-41(51)36(14-13-31-7-5-4-6-8-31)45-38(48)27-32-9-11-34(12-10-32)29-47-21-23-52-24-22-47/h4-12,15-16,19-20,30,35-37H,13-14,17-18,21-29H2,1-3H3,(H,44,51)(H,45,48)(H,46,50)/t35-,36?,37-/m0/s1. The number of morpholine rings is 1. The maximum absolute atomic E-state index is 13.9. The Morgan fingerprint density at radius 1 is 0.808 bits per heavy atom. The fourth-order valence-electron chi connectivity index (χ4n) is 6.69. The van der Waals surface area contributed by atoms with Gasteiger partial charge >= 0.3 is 0 Å². The van der Waals surface area contributed by atoms with Crippen LogP contribution in [0.3, 0.4) is 0 Å². The molecule has 1 aliphatic carbocycles. The number of ether oxygens (including phenoxy) is 1. The number of nitrogens with one attached hydrogen (secondary N) is 3. The molecular weight excluding hydrogens is 654 g/mol. The van der Waals surface area contributed by atoms with Gasteiger partial charge in [0, 0.05) is 44.0 Å². The summed E-state index contributed by atoms with van der Waals surface area (Å²) in [5, 5.41) is 9.04. The van der Waals surface area contributed by atoms with Crippen LogP contribution in [0.4, 0.5) is 0 Å². The van der Waals surface area contributed by atoms with Crippen molar-refractivity contribution in [2.24, 2.45) is 17.3 Å². The molecule has 3 aromatic rings. The molecule has 0 radical (unpaired) electrons. The fourth-order valence-corrected chi connectivity index (χ4v) is 6.69. The molecule has 10 heteroatoms. The predicted molar refractivity (Wildman–Crippen MR) is 201 cm³/mol. The van der Waals surface area contributed by atoms with E-state index < -0.39 is 18.0 Å². The van der Waals surface area contributed by atoms with Gasteiger partial charge in [0.05, 0.1) is 31.6 Å². The Bertz CT molecular complexity index is 1600. The number of benzene rings is 2. The topological polar surface area (TPSA) is 130 Å². The summed E-state index contributed by atoms with van der Waals surface area (Å²) in [5.41, 5.74) is 3.63. The molecule has 1 saturated heterocycles. The van der Waals surface area contributed by atoms with E-state index in [9.17, 15) is 19.2 Å². The third kappa shape index (κ3) is 12.1. The van der Waals surface area contributed by atoms with Crippen LogP contribution in [-0.2, 0) is 49.7 Å². The third-order valence-electron chi connectivity index (χ3n) is 10.2. The number of hydrogen-bond acceptors (Lipinski definition) is 7. The van der Waals surface area contributed by atoms with Gasteiger partial charge in [0.2, 0.25) is 17.7 Å². The maximum Gasteiger partial charge on any atom is 0.242 e. The van der Waals surface area contributed by atoms with Crippen molar-refractivity contribution in [1.29, 1.82) is 0 Å². The normalized spacial score (nSPS) is 17.1. The van der Waals surface area contributed by atoms with Gasteiger partial charge in [-0.15, -0.1) is 0 Å². The van der Waals surface area contributed by atoms with Gasteiger partial charge in [0.15, 0.2) is 5.78 Å². The largest absolute Gasteiger partial charge is 0.379 e. The average molecular weight is 710 g/mol. The van der Waals surface area contributed by atoms with Crippen LogP contribution in [-0.4, -0.2) is 78.3 Å². The molecule has 2 aromatic carbocycles. The van der Waals surface area contributed by atoms with Crippen LogP contribution in [0.15, 0.2) is 79.1 Å². The van der Waals surface area contributed by atoms with Crippen molar-refractivity contribution in [3.63, 3.8) is 0 Å². The fraction of sp³-hybridized carbons (Fsp3) is 0.500. The van der Waals surface area contributed by atoms with Crippen LogP contribution in [0.2, 0.25) is 0 Å². The minimum absolute atomic E-state index is 0.0508. The zero-order chi connectivity index (χ0) is 36.9. The summed E-state index contributed by atoms with van der Waals surface area (Å²) in [7, 11) is 0. The number of carbonyl (C=O) groups is 4. The van der Waals surface area contributed by atoms with Gasteiger partial charge in [-0.05, 0) is 78.8 Å². The van der Waals surface area contributed by atoms with Crippen LogP contribution in [0, 0.1) is 17.3 Å². The lowest BCUT2D eigenvalue weighted by Gasteiger charge is -2.26. The van der Waals surface area contributed by atoms with Crippen LogP contribution < -0.4 is 16.0 Å². The van der Waals surface area contributed by atoms with E-state index in [1.807, 2.05) is 75.4 Å². The molecule has 2 fully saturated rings. The van der Waals surface area contributed by atoms with E-state index in [1.54, 1.807) is 12.4 Å². The van der Waals surface area contributed by atoms with Gasteiger partial charge in [-0.1, -0.05) is 75.4 Å². The van der Waals surface area contributed by atoms with Gasteiger partial charge in [-0.25, -0.2) is 0 Å². The first kappa shape index (κ1) is 38.8. The SMILES string of the molecule is CC(C)C[C@H](NC(=O)[C@H](CNC(=O)C(CCc1ccccc1)NC(=O)Cc1ccc(CN2CCOCC2)cc1)Cc1ccncc1)C(=O)C1(C)CC1. The molecule has 0 spiro atoms. The molecule has 278 valence electrons. The Morgan fingerprint density at radius 3 is 2.13 bits per heavy atom. The number of rotatable bonds is 19. The number of Topliss-reactive ketones (excluding diaryl/α,β-unsaturated/α-hetero) is 1. The highest BCUT2D eigenvalue weighted by Gasteiger charge is 2.48. The Hall–Kier alpha value is -4.41. The van der Waals surface area contributed by atoms with Gasteiger partial charge in [0.1, 0.15) is 6.04 Å². The van der Waals surface area contributed by atoms with Gasteiger partial charge < -0.3 is 20.7 Å². The number of pyridine rings is 1. The minimum atomic E-state index is -0.803. The van der Waals surface area contributed by atoms with Crippen LogP contribution in [0.5, 0.6) is 0 Å². The van der Waals surface area contributed by atoms with Crippen molar-refractivity contribution in [2.45, 2.75) is 84.3 Å². The highest BCUT2D eigenvalue weighted by atomic mass is 16.5. The Balaban J connectivity index is 1.24. The third-order valence-corrected chi connectivity index (χ3v) is 10.2. The van der Waals surface area contributed by atoms with Gasteiger partial charge in [-0.3, -0.25) is 29.1 Å². The van der Waals surface area contributed by atoms with E-state index >= 15 is 0 Å². The molecule has 1 unspecified atom stereocenters. The molecular formula is C42H55N5O5. The monoisotopic (exact) mass is 709 g/mol. The van der Waals surface area contributed by atoms with Crippen molar-refractivity contribution in [3.05, 3.63) is 101 Å². The second kappa shape index (κ2) is 18.9. The van der Waals surface area contributed by atoms with Crippen molar-refractivity contribution < 1.29 is 23.9 Å². The number of aryl methyl sites for hydroxylation is 1. The number of hydrogen-bond donors (Lipinski definition) is 3. The second-order valence-electron chi connectivity index (χ2n) is 15.1. The smallest absolute Gasteiger partial charge is 0.242 e. The molecule has 2 heterocycles. The highest BCUT2D eigenvalue weighted by Crippen LogP contribution is 2.47. The lowest BCUT2D eigenvalue weighted by molar-refractivity contribution is -0.133. The first-order valence-electron chi connectivity index (χ1n) is 18.8. The van der Waals surface area contributed by atoms with E-state index in [0.717, 1.165) is 62.4 Å². The van der Waals surface area contributed by atoms with E-state index in [2.05, 4.69) is 38.0 Å². The quantitative estimate of drug-likeness (QED) is 0.168. The Kier molecular flexibility index (Phi) is 14.1. The number of amides is 3. The molecule has 1 aliphatic heterocycles. The average Bonchev–Trinajstić information content (AvgIpc) is 3.91. The summed E-state index contributed by atoms with van der Waals surface area (Å²) in [5.74, 6) is -1.21. The number of ketones is 1. The molecule has 5 rings (SSSR count). The molecule has 1 aromatic heterocycles. The summed E-state index contributed by atoms with van der Waals surface area (Å²) >= 11 is 0. The summed E-state index contributed by atoms with van der Waals surface area (Å²) in [4.78, 5) is 61.0. The molecule has 0 bridgehead atoms. The molecule has 2 aliphatic rings. The summed E-state index contributed by atoms with van der Waals surface area (Å²) < 4.78 is 5.45.